The van der Waals surface area contributed by atoms with Gasteiger partial charge in [0.2, 0.25) is 0 Å². The Balaban J connectivity index is 0.00000151. The average molecular weight is 373 g/mol. The maximum atomic E-state index is 11.8. The van der Waals surface area contributed by atoms with Crippen LogP contribution in [0.1, 0.15) is 29.4 Å². The molecule has 1 aromatic rings. The fourth-order valence-electron chi connectivity index (χ4n) is 2.23. The molecule has 134 valence electrons. The first kappa shape index (κ1) is 21.7. The Labute approximate surface area is 144 Å². The Hall–Kier alpha value is -1.33. The normalized spacial score (nSPS) is 20.7. The van der Waals surface area contributed by atoms with Crippen LogP contribution in [0.25, 0.3) is 0 Å². The van der Waals surface area contributed by atoms with E-state index < -0.39 is 37.2 Å². The molecule has 1 aliphatic heterocycles. The summed E-state index contributed by atoms with van der Waals surface area (Å²) in [6.07, 6.45) is -0.332. The molecule has 5 N–H and O–H groups in total. The minimum absolute atomic E-state index is 0.152. The molecule has 0 bridgehead atoms. The van der Waals surface area contributed by atoms with Gasteiger partial charge in [0.05, 0.1) is 17.1 Å². The Kier molecular flexibility index (Phi) is 7.27. The number of carbonyl (C=O) groups is 1. The van der Waals surface area contributed by atoms with E-state index in [1.807, 2.05) is 4.98 Å². The van der Waals surface area contributed by atoms with E-state index in [2.05, 4.69) is 4.52 Å². The lowest BCUT2D eigenvalue weighted by Crippen LogP contribution is -2.46. The number of hydrogen-bond donors (Lipinski definition) is 5. The molecule has 11 nitrogen and oxygen atoms in total. The third-order valence-corrected chi connectivity index (χ3v) is 3.77. The maximum absolute atomic E-state index is 11.8. The zero-order valence-electron chi connectivity index (χ0n) is 13.1. The molecule has 1 aromatic heterocycles. The van der Waals surface area contributed by atoms with Gasteiger partial charge in [-0.3, -0.25) is 19.1 Å². The van der Waals surface area contributed by atoms with Crippen LogP contribution in [0.4, 0.5) is 0 Å². The van der Waals surface area contributed by atoms with E-state index in [0.717, 1.165) is 17.9 Å². The molecule has 0 aromatic carbocycles. The van der Waals surface area contributed by atoms with Gasteiger partial charge in [0.1, 0.15) is 21.9 Å². The van der Waals surface area contributed by atoms with Gasteiger partial charge in [-0.1, -0.05) is 0 Å². The van der Waals surface area contributed by atoms with E-state index >= 15 is 0 Å². The number of H-pyrrole nitrogens is 1. The van der Waals surface area contributed by atoms with E-state index in [4.69, 9.17) is 40.2 Å². The van der Waals surface area contributed by atoms with Crippen molar-refractivity contribution in [2.24, 2.45) is 0 Å². The number of aliphatic hydroxyl groups is 1. The van der Waals surface area contributed by atoms with E-state index in [1.165, 1.54) is 0 Å². The molecular weight excluding hydrogens is 357 g/mol. The van der Waals surface area contributed by atoms with Crippen molar-refractivity contribution in [2.45, 2.75) is 30.6 Å². The van der Waals surface area contributed by atoms with Crippen LogP contribution in [0, 0.1) is 0 Å². The van der Waals surface area contributed by atoms with Crippen LogP contribution in [0.3, 0.4) is 0 Å². The zero-order chi connectivity index (χ0) is 19.4. The summed E-state index contributed by atoms with van der Waals surface area (Å²) >= 11 is 0. The number of nitrogens with one attached hydrogen (secondary N) is 1. The highest BCUT2D eigenvalue weighted by Gasteiger charge is 2.48. The highest BCUT2D eigenvalue weighted by Crippen LogP contribution is 2.50. The molecule has 0 spiro atoms. The predicted octanol–water partition coefficient (Wildman–Crippen LogP) is -2.70. The third-order valence-electron chi connectivity index (χ3n) is 3.21. The van der Waals surface area contributed by atoms with Crippen molar-refractivity contribution in [3.63, 3.8) is 0 Å². The van der Waals surface area contributed by atoms with Crippen LogP contribution in [-0.2, 0) is 9.26 Å². The molecule has 2 rings (SSSR count). The molecule has 1 aliphatic rings. The highest BCUT2D eigenvalue weighted by molar-refractivity contribution is 7.53. The minimum atomic E-state index is -4.70. The van der Waals surface area contributed by atoms with Gasteiger partial charge in [0, 0.05) is 13.3 Å². The van der Waals surface area contributed by atoms with Crippen molar-refractivity contribution in [2.75, 3.05) is 7.11 Å². The van der Waals surface area contributed by atoms with Crippen LogP contribution in [0.2, 0.25) is 0 Å². The Morgan fingerprint density at radius 2 is 1.96 bits per heavy atom. The van der Waals surface area contributed by atoms with Gasteiger partial charge < -0.3 is 9.84 Å². The number of aliphatic hydroxyl groups excluding tert-OH is 1. The first-order chi connectivity index (χ1) is 11.5. The fourth-order valence-corrected chi connectivity index (χ4v) is 2.77. The van der Waals surface area contributed by atoms with Crippen LogP contribution >= 0.6 is 8.17 Å². The molecular formula is C11H16B2N2O9P+. The largest absolute Gasteiger partial charge is 0.566 e. The number of rotatable bonds is 5. The van der Waals surface area contributed by atoms with Crippen molar-refractivity contribution < 1.29 is 33.8 Å². The summed E-state index contributed by atoms with van der Waals surface area (Å²) in [5, 5.41) is 4.78. The predicted molar refractivity (Wildman–Crippen MR) is 86.9 cm³/mol. The maximum Gasteiger partial charge on any atom is 0.566 e. The standard InChI is InChI=1S/C10H11B2N2O8P.CH4O/c11-10(12,22-23(18,19)20)6-1-2-7(21-6)14-3-5(4-15)8(16)13-9(14)17;1-2/h3-4,6-7,18-20H,1-2H2;2H,1H3/p+1. The van der Waals surface area contributed by atoms with Crippen molar-refractivity contribution in [3.05, 3.63) is 32.6 Å². The highest BCUT2D eigenvalue weighted by atomic mass is 31.2. The Bertz CT molecular complexity index is 715. The summed E-state index contributed by atoms with van der Waals surface area (Å²) in [6.45, 7) is 0. The first-order valence-electron chi connectivity index (χ1n) is 6.80. The lowest BCUT2D eigenvalue weighted by molar-refractivity contribution is -0.0526. The summed E-state index contributed by atoms with van der Waals surface area (Å²) in [5.41, 5.74) is -1.91. The monoisotopic (exact) mass is 373 g/mol. The molecule has 1 fully saturated rings. The number of aromatic nitrogens is 2. The van der Waals surface area contributed by atoms with Gasteiger partial charge in [-0.05, 0) is 12.8 Å². The van der Waals surface area contributed by atoms with Crippen molar-refractivity contribution in [3.8, 4) is 0 Å². The summed E-state index contributed by atoms with van der Waals surface area (Å²) in [5.74, 6) is 0. The Morgan fingerprint density at radius 3 is 2.48 bits per heavy atom. The summed E-state index contributed by atoms with van der Waals surface area (Å²) in [6, 6.07) is 0. The summed E-state index contributed by atoms with van der Waals surface area (Å²) in [7, 11) is 7.38. The zero-order valence-corrected chi connectivity index (χ0v) is 14.0. The van der Waals surface area contributed by atoms with Gasteiger partial charge in [-0.2, -0.15) is 19.2 Å². The average Bonchev–Trinajstić information content (AvgIpc) is 2.97. The molecule has 2 atom stereocenters. The van der Waals surface area contributed by atoms with Gasteiger partial charge in [0.25, 0.3) is 5.56 Å². The first-order valence-corrected chi connectivity index (χ1v) is 8.36. The fraction of sp³-hybridized carbons (Fsp3) is 0.545. The van der Waals surface area contributed by atoms with Crippen LogP contribution in [0.5, 0.6) is 0 Å². The van der Waals surface area contributed by atoms with Gasteiger partial charge in [0.15, 0.2) is 6.29 Å². The molecule has 2 heterocycles. The van der Waals surface area contributed by atoms with Crippen molar-refractivity contribution >= 4 is 30.1 Å². The number of aldehydes is 1. The molecule has 0 amide bonds. The number of nitrogens with zero attached hydrogens (tertiary/aromatic N) is 1. The van der Waals surface area contributed by atoms with Crippen LogP contribution in [-0.4, -0.2) is 69.9 Å². The van der Waals surface area contributed by atoms with Crippen LogP contribution in [0.15, 0.2) is 15.8 Å². The number of hydrogen-bond acceptors (Lipinski definition) is 9. The minimum Gasteiger partial charge on any atom is -0.400 e. The second-order valence-corrected chi connectivity index (χ2v) is 6.19. The second kappa shape index (κ2) is 8.37. The number of aromatic amines is 1. The summed E-state index contributed by atoms with van der Waals surface area (Å²) in [4.78, 5) is 62.5. The quantitative estimate of drug-likeness (QED) is 0.209. The lowest BCUT2D eigenvalue weighted by Gasteiger charge is -2.30. The molecule has 1 saturated heterocycles. The second-order valence-electron chi connectivity index (χ2n) is 4.98. The molecule has 2 unspecified atom stereocenters. The molecule has 0 aliphatic carbocycles. The Morgan fingerprint density at radius 1 is 1.36 bits per heavy atom. The van der Waals surface area contributed by atoms with E-state index in [1.54, 1.807) is 0 Å². The van der Waals surface area contributed by atoms with E-state index in [9.17, 15) is 14.4 Å². The van der Waals surface area contributed by atoms with Gasteiger partial charge >= 0.3 is 13.9 Å². The van der Waals surface area contributed by atoms with Gasteiger partial charge in [-0.15, -0.1) is 0 Å². The van der Waals surface area contributed by atoms with Crippen LogP contribution < -0.4 is 11.2 Å². The van der Waals surface area contributed by atoms with E-state index in [-0.39, 0.29) is 24.7 Å². The topological polar surface area (TPSA) is 171 Å². The van der Waals surface area contributed by atoms with Crippen molar-refractivity contribution in [1.82, 2.24) is 9.55 Å². The summed E-state index contributed by atoms with van der Waals surface area (Å²) < 4.78 is 10.8. The molecule has 14 heteroatoms. The van der Waals surface area contributed by atoms with E-state index in [0.29, 0.717) is 0 Å². The SMILES string of the molecule is CO.[B]C([B])(O[P+](O)(O)O)C1CCC(n2cc(C=O)c(=O)[nH]c2=O)O1. The smallest absolute Gasteiger partial charge is 0.400 e. The van der Waals surface area contributed by atoms with Crippen molar-refractivity contribution in [1.29, 1.82) is 0 Å². The lowest BCUT2D eigenvalue weighted by atomic mass is 9.61. The van der Waals surface area contributed by atoms with Gasteiger partial charge in [-0.25, -0.2) is 4.79 Å². The third kappa shape index (κ3) is 5.58. The molecule has 4 radical (unpaired) electrons. The molecule has 25 heavy (non-hydrogen) atoms. The number of carbonyl (C=O) groups excluding carboxylic acids is 1. The molecule has 0 saturated carbocycles. The number of ether oxygens (including phenoxy) is 1.